The van der Waals surface area contributed by atoms with Gasteiger partial charge in [0.1, 0.15) is 0 Å². The third kappa shape index (κ3) is 0.830. The fourth-order valence-electron chi connectivity index (χ4n) is 1.43. The van der Waals surface area contributed by atoms with Gasteiger partial charge in [0.05, 0.1) is 0 Å². The van der Waals surface area contributed by atoms with Crippen molar-refractivity contribution in [3.05, 3.63) is 41.8 Å². The maximum absolute atomic E-state index is 5.73. The Balaban J connectivity index is 2.42. The second-order valence-corrected chi connectivity index (χ2v) is 2.73. The van der Waals surface area contributed by atoms with Crippen molar-refractivity contribution in [1.29, 1.82) is 0 Å². The quantitative estimate of drug-likeness (QED) is 0.562. The van der Waals surface area contributed by atoms with Gasteiger partial charge in [-0.2, -0.15) is 0 Å². The third-order valence-corrected chi connectivity index (χ3v) is 1.90. The van der Waals surface area contributed by atoms with Crippen molar-refractivity contribution in [1.82, 2.24) is 0 Å². The standard InChI is InChI=1S/C9H10N/c10-9-5-7-3-1-2-4-8(7)6-9/h1-5,9H,6,10H2. The second kappa shape index (κ2) is 2.10. The molecule has 51 valence electrons. The summed E-state index contributed by atoms with van der Waals surface area (Å²) in [7, 11) is 0. The van der Waals surface area contributed by atoms with E-state index in [1.807, 2.05) is 6.07 Å². The van der Waals surface area contributed by atoms with Gasteiger partial charge < -0.3 is 5.73 Å². The van der Waals surface area contributed by atoms with E-state index >= 15 is 0 Å². The van der Waals surface area contributed by atoms with Gasteiger partial charge in [0.15, 0.2) is 0 Å². The second-order valence-electron chi connectivity index (χ2n) is 2.73. The molecular formula is C9H10N. The van der Waals surface area contributed by atoms with E-state index in [-0.39, 0.29) is 6.04 Å². The van der Waals surface area contributed by atoms with Crippen LogP contribution in [0, 0.1) is 6.42 Å². The molecule has 0 amide bonds. The molecule has 0 aliphatic heterocycles. The lowest BCUT2D eigenvalue weighted by atomic mass is 10.1. The average molecular weight is 132 g/mol. The van der Waals surface area contributed by atoms with Gasteiger partial charge in [-0.15, -0.1) is 0 Å². The molecule has 1 atom stereocenters. The Labute approximate surface area is 60.9 Å². The molecule has 0 bridgehead atoms. The first-order valence-corrected chi connectivity index (χ1v) is 3.54. The SMILES string of the molecule is NC1[CH]c2ccccc2C1. The summed E-state index contributed by atoms with van der Waals surface area (Å²) in [5.41, 5.74) is 8.43. The molecule has 1 aliphatic rings. The van der Waals surface area contributed by atoms with E-state index in [1.165, 1.54) is 11.1 Å². The molecule has 0 spiro atoms. The van der Waals surface area contributed by atoms with Crippen LogP contribution in [0.2, 0.25) is 0 Å². The molecule has 1 unspecified atom stereocenters. The van der Waals surface area contributed by atoms with Gasteiger partial charge in [-0.3, -0.25) is 0 Å². The summed E-state index contributed by atoms with van der Waals surface area (Å²) >= 11 is 0. The van der Waals surface area contributed by atoms with Crippen molar-refractivity contribution in [2.75, 3.05) is 0 Å². The van der Waals surface area contributed by atoms with Gasteiger partial charge in [0.2, 0.25) is 0 Å². The largest absolute Gasteiger partial charge is 0.327 e. The van der Waals surface area contributed by atoms with Crippen LogP contribution in [0.4, 0.5) is 0 Å². The van der Waals surface area contributed by atoms with Crippen LogP contribution >= 0.6 is 0 Å². The summed E-state index contributed by atoms with van der Waals surface area (Å²) in [4.78, 5) is 0. The lowest BCUT2D eigenvalue weighted by Gasteiger charge is -1.94. The summed E-state index contributed by atoms with van der Waals surface area (Å²) in [6, 6.07) is 8.61. The number of hydrogen-bond donors (Lipinski definition) is 1. The molecule has 1 aromatic rings. The van der Waals surface area contributed by atoms with E-state index in [0.29, 0.717) is 0 Å². The number of rotatable bonds is 0. The van der Waals surface area contributed by atoms with Crippen LogP contribution in [0.3, 0.4) is 0 Å². The minimum absolute atomic E-state index is 0.248. The van der Waals surface area contributed by atoms with Crippen LogP contribution in [0.25, 0.3) is 0 Å². The predicted molar refractivity (Wildman–Crippen MR) is 41.5 cm³/mol. The van der Waals surface area contributed by atoms with E-state index in [1.54, 1.807) is 0 Å². The Bertz CT molecular complexity index is 217. The zero-order valence-electron chi connectivity index (χ0n) is 5.75. The Morgan fingerprint density at radius 3 is 2.90 bits per heavy atom. The maximum atomic E-state index is 5.73. The number of benzene rings is 1. The summed E-state index contributed by atoms with van der Waals surface area (Å²) in [6.07, 6.45) is 3.13. The molecule has 1 aliphatic carbocycles. The molecule has 1 radical (unpaired) electrons. The smallest absolute Gasteiger partial charge is 0.0155 e. The molecule has 0 saturated carbocycles. The lowest BCUT2D eigenvalue weighted by Crippen LogP contribution is -2.17. The third-order valence-electron chi connectivity index (χ3n) is 1.90. The van der Waals surface area contributed by atoms with Gasteiger partial charge in [-0.1, -0.05) is 24.3 Å². The molecule has 1 nitrogen and oxygen atoms in total. The summed E-state index contributed by atoms with van der Waals surface area (Å²) in [5.74, 6) is 0. The Morgan fingerprint density at radius 2 is 2.10 bits per heavy atom. The molecule has 0 saturated heterocycles. The van der Waals surface area contributed by atoms with Crippen LogP contribution in [-0.4, -0.2) is 6.04 Å². The van der Waals surface area contributed by atoms with Gasteiger partial charge >= 0.3 is 0 Å². The molecule has 2 N–H and O–H groups in total. The van der Waals surface area contributed by atoms with Crippen molar-refractivity contribution in [3.63, 3.8) is 0 Å². The maximum Gasteiger partial charge on any atom is 0.0155 e. The van der Waals surface area contributed by atoms with Gasteiger partial charge in [-0.25, -0.2) is 0 Å². The molecule has 0 heterocycles. The van der Waals surface area contributed by atoms with Crippen LogP contribution < -0.4 is 5.73 Å². The fourth-order valence-corrected chi connectivity index (χ4v) is 1.43. The molecule has 10 heavy (non-hydrogen) atoms. The summed E-state index contributed by atoms with van der Waals surface area (Å²) in [5, 5.41) is 0. The minimum atomic E-state index is 0.248. The van der Waals surface area contributed by atoms with E-state index in [0.717, 1.165) is 6.42 Å². The van der Waals surface area contributed by atoms with Crippen molar-refractivity contribution in [3.8, 4) is 0 Å². The normalized spacial score (nSPS) is 17.3. The fraction of sp³-hybridized carbons (Fsp3) is 0.222. The van der Waals surface area contributed by atoms with E-state index in [2.05, 4.69) is 24.6 Å². The highest BCUT2D eigenvalue weighted by Gasteiger charge is 2.16. The van der Waals surface area contributed by atoms with Crippen molar-refractivity contribution < 1.29 is 0 Å². The predicted octanol–water partition coefficient (Wildman–Crippen LogP) is 1.12. The van der Waals surface area contributed by atoms with Gasteiger partial charge in [-0.05, 0) is 17.5 Å². The highest BCUT2D eigenvalue weighted by molar-refractivity contribution is 5.40. The minimum Gasteiger partial charge on any atom is -0.327 e. The highest BCUT2D eigenvalue weighted by atomic mass is 14.6. The zero-order chi connectivity index (χ0) is 6.97. The zero-order valence-corrected chi connectivity index (χ0v) is 5.75. The van der Waals surface area contributed by atoms with Gasteiger partial charge in [0, 0.05) is 12.5 Å². The Morgan fingerprint density at radius 1 is 1.30 bits per heavy atom. The van der Waals surface area contributed by atoms with Crippen LogP contribution in [0.5, 0.6) is 0 Å². The van der Waals surface area contributed by atoms with Crippen molar-refractivity contribution in [2.24, 2.45) is 5.73 Å². The van der Waals surface area contributed by atoms with Crippen LogP contribution in [-0.2, 0) is 6.42 Å². The summed E-state index contributed by atoms with van der Waals surface area (Å²) < 4.78 is 0. The first kappa shape index (κ1) is 5.93. The number of fused-ring (bicyclic) bond motifs is 1. The lowest BCUT2D eigenvalue weighted by molar-refractivity contribution is 0.818. The molecule has 0 fully saturated rings. The van der Waals surface area contributed by atoms with E-state index < -0.39 is 0 Å². The monoisotopic (exact) mass is 132 g/mol. The van der Waals surface area contributed by atoms with Crippen molar-refractivity contribution >= 4 is 0 Å². The Kier molecular flexibility index (Phi) is 1.24. The summed E-state index contributed by atoms with van der Waals surface area (Å²) in [6.45, 7) is 0. The number of nitrogens with two attached hydrogens (primary N) is 1. The molecular weight excluding hydrogens is 122 g/mol. The molecule has 1 aromatic carbocycles. The van der Waals surface area contributed by atoms with Crippen LogP contribution in [0.1, 0.15) is 11.1 Å². The van der Waals surface area contributed by atoms with Crippen molar-refractivity contribution in [2.45, 2.75) is 12.5 Å². The first-order valence-electron chi connectivity index (χ1n) is 3.54. The number of hydrogen-bond acceptors (Lipinski definition) is 1. The van der Waals surface area contributed by atoms with Gasteiger partial charge in [0.25, 0.3) is 0 Å². The topological polar surface area (TPSA) is 26.0 Å². The average Bonchev–Trinajstić information content (AvgIpc) is 2.27. The first-order chi connectivity index (χ1) is 4.86. The molecule has 2 rings (SSSR count). The Hall–Kier alpha value is -0.820. The molecule has 1 heteroatoms. The van der Waals surface area contributed by atoms with E-state index in [4.69, 9.17) is 5.73 Å². The van der Waals surface area contributed by atoms with Crippen LogP contribution in [0.15, 0.2) is 24.3 Å². The van der Waals surface area contributed by atoms with E-state index in [9.17, 15) is 0 Å². The molecule has 0 aromatic heterocycles. The highest BCUT2D eigenvalue weighted by Crippen LogP contribution is 2.21.